The van der Waals surface area contributed by atoms with Crippen molar-refractivity contribution in [1.82, 2.24) is 4.90 Å². The van der Waals surface area contributed by atoms with Crippen molar-refractivity contribution < 1.29 is 14.3 Å². The van der Waals surface area contributed by atoms with Gasteiger partial charge in [-0.15, -0.1) is 5.73 Å². The monoisotopic (exact) mass is 941 g/mol. The van der Waals surface area contributed by atoms with Crippen molar-refractivity contribution in [3.63, 3.8) is 0 Å². The second-order valence-electron chi connectivity index (χ2n) is 27.1. The van der Waals surface area contributed by atoms with Gasteiger partial charge < -0.3 is 9.47 Å². The number of hydrogen-bond donors (Lipinski definition) is 0. The predicted molar refractivity (Wildman–Crippen MR) is 313 cm³/mol. The first-order chi connectivity index (χ1) is 37.8. The lowest BCUT2D eigenvalue weighted by Crippen LogP contribution is -2.51. The number of allylic oxidation sites excluding steroid dienone is 1. The first-order valence-corrected chi connectivity index (χ1v) is 28.2. The van der Waals surface area contributed by atoms with E-state index in [0.717, 1.165) is 19.6 Å². The second kappa shape index (κ2) is 7.14. The zero-order chi connectivity index (χ0) is 45.7. The van der Waals surface area contributed by atoms with Crippen LogP contribution in [0, 0.1) is 0 Å². The third-order valence-corrected chi connectivity index (χ3v) is 26.4. The molecule has 28 aromatic carbocycles. The first-order valence-electron chi connectivity index (χ1n) is 28.2. The fourth-order valence-electron chi connectivity index (χ4n) is 26.1. The largest absolute Gasteiger partial charge is 0.459 e. The summed E-state index contributed by atoms with van der Waals surface area (Å²) in [6.45, 7) is 4.06. The summed E-state index contributed by atoms with van der Waals surface area (Å²) in [4.78, 5) is 15.7. The maximum absolute atomic E-state index is 12.8. The minimum atomic E-state index is -0.325. The molecule has 0 bridgehead atoms. The zero-order valence-electron chi connectivity index (χ0n) is 39.1. The van der Waals surface area contributed by atoms with Crippen molar-refractivity contribution in [3.05, 3.63) is 51.8 Å². The molecule has 0 aromatic heterocycles. The minimum absolute atomic E-state index is 0.243. The lowest BCUT2D eigenvalue weighted by atomic mass is 9.50. The standard InChI is InChI=1S/C72H15NO3/c74-70(11-3-1-2-4-11)76-8-7-75-6-5-73-9-71-66-58-50-40-30-22-14-12-13-16-20-18(14)26-34-28(20)38-32-24(16)25-17(13)21-19-15(12)23(22)31-37-27(19)35-29(21)39-33(25)43-42(32)52-46(38)56-48(34)54(44(50)36(26)30)62(66)64(56)68-60(52)61-53(43)47(39)57-49(35)55-45(37)51(41(31)40)59(58)67(71)63(55)65(57)69(61)72(68,71)10-73/h1-3H,5-10H2. The first kappa shape index (κ1) is 29.9. The highest BCUT2D eigenvalue weighted by atomic mass is 16.6. The fourth-order valence-corrected chi connectivity index (χ4v) is 26.1. The molecule has 34 rings (SSSR count). The molecular weight excluding hydrogens is 927 g/mol. The summed E-state index contributed by atoms with van der Waals surface area (Å²) in [6, 6.07) is 0. The van der Waals surface area contributed by atoms with Crippen LogP contribution in [-0.4, -0.2) is 50.3 Å². The van der Waals surface area contributed by atoms with Crippen LogP contribution in [0.25, 0.3) is 291 Å². The van der Waals surface area contributed by atoms with Crippen LogP contribution in [0.5, 0.6) is 0 Å². The molecule has 0 radical (unpaired) electrons. The Labute approximate surface area is 415 Å². The molecule has 0 unspecified atom stereocenters. The fraction of sp³-hybridized carbons (Fsp3) is 0.111. The van der Waals surface area contributed by atoms with Gasteiger partial charge in [0.1, 0.15) is 12.2 Å². The zero-order valence-corrected chi connectivity index (χ0v) is 39.1. The van der Waals surface area contributed by atoms with E-state index < -0.39 is 0 Å². The van der Waals surface area contributed by atoms with Gasteiger partial charge in [-0.2, -0.15) is 0 Å². The number of esters is 1. The van der Waals surface area contributed by atoms with Crippen LogP contribution >= 0.6 is 0 Å². The molecule has 28 aromatic rings. The summed E-state index contributed by atoms with van der Waals surface area (Å²) >= 11 is 0. The van der Waals surface area contributed by atoms with Crippen molar-refractivity contribution in [2.75, 3.05) is 39.5 Å². The summed E-state index contributed by atoms with van der Waals surface area (Å²) in [6.07, 6.45) is 5.37. The maximum atomic E-state index is 12.8. The Morgan fingerprint density at radius 2 is 0.579 bits per heavy atom. The number of likely N-dealkylation sites (tertiary alicyclic amines) is 1. The van der Waals surface area contributed by atoms with Crippen molar-refractivity contribution in [3.8, 4) is 0 Å². The van der Waals surface area contributed by atoms with Crippen molar-refractivity contribution >= 4 is 297 Å². The molecule has 4 nitrogen and oxygen atoms in total. The number of carbonyl (C=O) groups is 1. The number of carbonyl (C=O) groups excluding carboxylic acids is 1. The van der Waals surface area contributed by atoms with Gasteiger partial charge in [-0.1, -0.05) is 6.08 Å². The summed E-state index contributed by atoms with van der Waals surface area (Å²) in [5.74, 6) is -0.325. The molecule has 0 N–H and O–H groups in total. The van der Waals surface area contributed by atoms with Gasteiger partial charge in [0.05, 0.1) is 24.0 Å². The van der Waals surface area contributed by atoms with Gasteiger partial charge in [0.2, 0.25) is 0 Å². The Morgan fingerprint density at radius 3 is 0.803 bits per heavy atom. The molecule has 0 saturated carbocycles. The molecular formula is C72H15NO3. The van der Waals surface area contributed by atoms with E-state index in [-0.39, 0.29) is 23.4 Å². The highest BCUT2D eigenvalue weighted by Gasteiger charge is 2.72. The van der Waals surface area contributed by atoms with Crippen LogP contribution in [0.4, 0.5) is 0 Å². The summed E-state index contributed by atoms with van der Waals surface area (Å²) < 4.78 is 12.2. The van der Waals surface area contributed by atoms with Crippen LogP contribution in [0.2, 0.25) is 0 Å². The molecule has 1 aliphatic heterocycles. The van der Waals surface area contributed by atoms with E-state index in [9.17, 15) is 4.79 Å². The highest BCUT2D eigenvalue weighted by Crippen LogP contribution is 2.85. The Balaban J connectivity index is 0.921. The van der Waals surface area contributed by atoms with Gasteiger partial charge in [-0.3, -0.25) is 4.90 Å². The number of rotatable bonds is 7. The van der Waals surface area contributed by atoms with Gasteiger partial charge in [-0.05, 0) is 325 Å². The normalized spacial score (nSPS) is 22.5. The highest BCUT2D eigenvalue weighted by molar-refractivity contribution is 6.82. The van der Waals surface area contributed by atoms with E-state index in [1.165, 1.54) is 0 Å². The quantitative estimate of drug-likeness (QED) is 0.0691. The summed E-state index contributed by atoms with van der Waals surface area (Å²) in [5, 5.41) is 89.0. The molecule has 5 aliphatic carbocycles. The predicted octanol–water partition coefficient (Wildman–Crippen LogP) is 16.8. The van der Waals surface area contributed by atoms with Gasteiger partial charge in [-0.25, -0.2) is 4.79 Å². The van der Waals surface area contributed by atoms with E-state index >= 15 is 0 Å². The van der Waals surface area contributed by atoms with Crippen LogP contribution in [0.1, 0.15) is 22.3 Å². The van der Waals surface area contributed by atoms with Gasteiger partial charge >= 0.3 is 5.97 Å². The molecule has 0 amide bonds. The Bertz CT molecular complexity index is 6990. The van der Waals surface area contributed by atoms with Gasteiger partial charge in [0, 0.05) is 19.6 Å². The average molecular weight is 942 g/mol. The number of nitrogens with zero attached hydrogens (tertiary/aromatic N) is 1. The maximum Gasteiger partial charge on any atom is 0.346 e. The van der Waals surface area contributed by atoms with Crippen molar-refractivity contribution in [2.24, 2.45) is 0 Å². The Morgan fingerprint density at radius 1 is 0.342 bits per heavy atom. The number of hydrogen-bond acceptors (Lipinski definition) is 4. The molecule has 6 aliphatic rings. The SMILES string of the molecule is O=C(OCCOCCN1CC23c4c5c6c7c8c9c(c%10c%11c2c2c4c4c%12c5c5c6c6c8c8c%13c9c9c%10c%10c%11c%11c2c2c4c4c%12c%12c5c5c6c8c6c8c%13c9c9c%10c%10c%11c2c2c4c4c%12c5c6c5c8c9c%10c2c45)C73C1)C1=C=CC=C1. The van der Waals surface area contributed by atoms with E-state index in [2.05, 4.69) is 10.6 Å². The third-order valence-electron chi connectivity index (χ3n) is 26.4. The summed E-state index contributed by atoms with van der Waals surface area (Å²) in [5.41, 5.74) is 9.91. The van der Waals surface area contributed by atoms with Crippen molar-refractivity contribution in [2.45, 2.75) is 10.8 Å². The Hall–Kier alpha value is -8.89. The van der Waals surface area contributed by atoms with Crippen LogP contribution in [0.3, 0.4) is 0 Å². The van der Waals surface area contributed by atoms with Crippen molar-refractivity contribution in [1.29, 1.82) is 0 Å². The smallest absolute Gasteiger partial charge is 0.346 e. The minimum Gasteiger partial charge on any atom is -0.459 e. The number of ether oxygens (including phenoxy) is 2. The molecule has 76 heavy (non-hydrogen) atoms. The molecule has 2 spiro atoms. The van der Waals surface area contributed by atoms with E-state index in [1.807, 2.05) is 6.08 Å². The van der Waals surface area contributed by atoms with Crippen LogP contribution in [-0.2, 0) is 25.1 Å². The average Bonchev–Trinajstić information content (AvgIpc) is 1.86. The Kier molecular flexibility index (Phi) is 2.81. The van der Waals surface area contributed by atoms with Gasteiger partial charge in [0.15, 0.2) is 0 Å². The molecule has 1 heterocycles. The molecule has 0 atom stereocenters. The molecule has 4 heteroatoms. The summed E-state index contributed by atoms with van der Waals surface area (Å²) in [7, 11) is 0. The molecule has 1 saturated heterocycles. The third kappa shape index (κ3) is 1.72. The van der Waals surface area contributed by atoms with E-state index in [0.29, 0.717) is 18.8 Å². The van der Waals surface area contributed by atoms with E-state index in [1.54, 1.807) is 325 Å². The lowest BCUT2D eigenvalue weighted by Gasteiger charge is -2.49. The number of benzene rings is 18. The second-order valence-corrected chi connectivity index (χ2v) is 27.1. The van der Waals surface area contributed by atoms with Gasteiger partial charge in [0.25, 0.3) is 0 Å². The lowest BCUT2D eigenvalue weighted by molar-refractivity contribution is -0.140. The molecule has 326 valence electrons. The van der Waals surface area contributed by atoms with E-state index in [4.69, 9.17) is 9.47 Å². The molecule has 1 fully saturated rings. The topological polar surface area (TPSA) is 38.8 Å². The van der Waals surface area contributed by atoms with Crippen LogP contribution < -0.4 is 0 Å². The van der Waals surface area contributed by atoms with Crippen LogP contribution in [0.15, 0.2) is 29.5 Å².